The lowest BCUT2D eigenvalue weighted by Gasteiger charge is -2.35. The van der Waals surface area contributed by atoms with Crippen molar-refractivity contribution in [2.24, 2.45) is 0 Å². The van der Waals surface area contributed by atoms with E-state index < -0.39 is 0 Å². The molecule has 1 N–H and O–H groups in total. The summed E-state index contributed by atoms with van der Waals surface area (Å²) in [7, 11) is 0. The molecule has 1 fully saturated rings. The van der Waals surface area contributed by atoms with Gasteiger partial charge in [0.1, 0.15) is 0 Å². The predicted molar refractivity (Wildman–Crippen MR) is 78.1 cm³/mol. The number of benzene rings is 1. The minimum absolute atomic E-state index is 0.608. The van der Waals surface area contributed by atoms with E-state index in [4.69, 9.17) is 11.6 Å². The summed E-state index contributed by atoms with van der Waals surface area (Å²) in [5.74, 6) is 0. The third-order valence-electron chi connectivity index (χ3n) is 3.16. The molecule has 1 atom stereocenters. The van der Waals surface area contributed by atoms with E-state index in [0.717, 1.165) is 29.1 Å². The van der Waals surface area contributed by atoms with Gasteiger partial charge in [0.2, 0.25) is 0 Å². The molecule has 0 bridgehead atoms. The van der Waals surface area contributed by atoms with Crippen LogP contribution >= 0.6 is 27.5 Å². The summed E-state index contributed by atoms with van der Waals surface area (Å²) in [5, 5.41) is 4.31. The van der Waals surface area contributed by atoms with E-state index in [1.54, 1.807) is 0 Å². The van der Waals surface area contributed by atoms with Crippen molar-refractivity contribution in [3.05, 3.63) is 27.7 Å². The Balaban J connectivity index is 2.10. The Morgan fingerprint density at radius 3 is 3.06 bits per heavy atom. The van der Waals surface area contributed by atoms with Crippen LogP contribution in [0.4, 0.5) is 5.69 Å². The van der Waals surface area contributed by atoms with Gasteiger partial charge in [-0.25, -0.2) is 0 Å². The lowest BCUT2D eigenvalue weighted by atomic mass is 10.0. The first-order valence-electron chi connectivity index (χ1n) is 6.14. The summed E-state index contributed by atoms with van der Waals surface area (Å²) in [6, 6.07) is 6.63. The van der Waals surface area contributed by atoms with Crippen LogP contribution in [0, 0.1) is 0 Å². The maximum Gasteiger partial charge on any atom is 0.0512 e. The molecule has 1 heterocycles. The second-order valence-corrected chi connectivity index (χ2v) is 5.73. The molecule has 1 saturated heterocycles. The zero-order valence-electron chi connectivity index (χ0n) is 10.0. The van der Waals surface area contributed by atoms with Crippen molar-refractivity contribution in [1.82, 2.24) is 5.32 Å². The van der Waals surface area contributed by atoms with Gasteiger partial charge in [0.25, 0.3) is 0 Å². The summed E-state index contributed by atoms with van der Waals surface area (Å²) in [5.41, 5.74) is 1.25. The van der Waals surface area contributed by atoms with E-state index in [1.807, 2.05) is 12.1 Å². The standard InChI is InChI=1S/C13H18BrClN2/c1-2-16-11-4-3-7-17(9-11)13-6-5-10(15)8-12(13)14/h5-6,8,11,16H,2-4,7,9H2,1H3. The molecule has 2 rings (SSSR count). The first-order valence-corrected chi connectivity index (χ1v) is 7.31. The summed E-state index contributed by atoms with van der Waals surface area (Å²) in [6.45, 7) is 5.41. The van der Waals surface area contributed by atoms with Crippen LogP contribution < -0.4 is 10.2 Å². The molecule has 2 nitrogen and oxygen atoms in total. The Bertz CT molecular complexity index is 382. The molecule has 4 heteroatoms. The lowest BCUT2D eigenvalue weighted by molar-refractivity contribution is 0.431. The van der Waals surface area contributed by atoms with Crippen LogP contribution in [0.3, 0.4) is 0 Å². The van der Waals surface area contributed by atoms with Crippen molar-refractivity contribution in [1.29, 1.82) is 0 Å². The molecule has 0 aliphatic carbocycles. The molecule has 0 spiro atoms. The quantitative estimate of drug-likeness (QED) is 0.915. The van der Waals surface area contributed by atoms with E-state index in [-0.39, 0.29) is 0 Å². The fraction of sp³-hybridized carbons (Fsp3) is 0.538. The molecule has 1 unspecified atom stereocenters. The summed E-state index contributed by atoms with van der Waals surface area (Å²) >= 11 is 9.57. The van der Waals surface area contributed by atoms with Crippen LogP contribution in [-0.4, -0.2) is 25.7 Å². The van der Waals surface area contributed by atoms with Crippen LogP contribution in [0.2, 0.25) is 5.02 Å². The second-order valence-electron chi connectivity index (χ2n) is 4.44. The summed E-state index contributed by atoms with van der Waals surface area (Å²) in [6.07, 6.45) is 2.52. The van der Waals surface area contributed by atoms with Gasteiger partial charge in [0, 0.05) is 28.6 Å². The zero-order valence-corrected chi connectivity index (χ0v) is 12.4. The largest absolute Gasteiger partial charge is 0.369 e. The number of nitrogens with zero attached hydrogens (tertiary/aromatic N) is 1. The van der Waals surface area contributed by atoms with E-state index in [2.05, 4.69) is 39.1 Å². The average molecular weight is 318 g/mol. The van der Waals surface area contributed by atoms with Crippen LogP contribution in [0.1, 0.15) is 19.8 Å². The number of likely N-dealkylation sites (N-methyl/N-ethyl adjacent to an activating group) is 1. The maximum absolute atomic E-state index is 5.97. The Hall–Kier alpha value is -0.250. The van der Waals surface area contributed by atoms with Crippen molar-refractivity contribution in [2.45, 2.75) is 25.8 Å². The van der Waals surface area contributed by atoms with Crippen molar-refractivity contribution in [2.75, 3.05) is 24.5 Å². The third-order valence-corrected chi connectivity index (χ3v) is 4.03. The van der Waals surface area contributed by atoms with Gasteiger partial charge in [-0.15, -0.1) is 0 Å². The van der Waals surface area contributed by atoms with Gasteiger partial charge in [-0.3, -0.25) is 0 Å². The number of piperidine rings is 1. The Morgan fingerprint density at radius 2 is 2.35 bits per heavy atom. The van der Waals surface area contributed by atoms with Gasteiger partial charge in [0.15, 0.2) is 0 Å². The number of anilines is 1. The number of hydrogen-bond donors (Lipinski definition) is 1. The smallest absolute Gasteiger partial charge is 0.0512 e. The monoisotopic (exact) mass is 316 g/mol. The first kappa shape index (κ1) is 13.2. The molecule has 1 aromatic carbocycles. The molecule has 1 aliphatic rings. The van der Waals surface area contributed by atoms with E-state index >= 15 is 0 Å². The highest BCUT2D eigenvalue weighted by Gasteiger charge is 2.20. The molecular formula is C13H18BrClN2. The molecule has 0 radical (unpaired) electrons. The van der Waals surface area contributed by atoms with Crippen LogP contribution in [0.25, 0.3) is 0 Å². The summed E-state index contributed by atoms with van der Waals surface area (Å²) in [4.78, 5) is 2.43. The minimum atomic E-state index is 0.608. The normalized spacial score (nSPS) is 20.6. The van der Waals surface area contributed by atoms with E-state index in [0.29, 0.717) is 6.04 Å². The second kappa shape index (κ2) is 6.07. The molecular weight excluding hydrogens is 300 g/mol. The fourth-order valence-corrected chi connectivity index (χ4v) is 3.32. The van der Waals surface area contributed by atoms with Gasteiger partial charge in [-0.05, 0) is 53.5 Å². The van der Waals surface area contributed by atoms with Gasteiger partial charge in [0.05, 0.1) is 5.69 Å². The van der Waals surface area contributed by atoms with E-state index in [9.17, 15) is 0 Å². The SMILES string of the molecule is CCNC1CCCN(c2ccc(Cl)cc2Br)C1. The molecule has 94 valence electrons. The average Bonchev–Trinajstić information content (AvgIpc) is 2.29. The fourth-order valence-electron chi connectivity index (χ4n) is 2.39. The predicted octanol–water partition coefficient (Wildman–Crippen LogP) is 3.68. The zero-order chi connectivity index (χ0) is 12.3. The Kier molecular flexibility index (Phi) is 4.71. The van der Waals surface area contributed by atoms with Crippen LogP contribution in [-0.2, 0) is 0 Å². The van der Waals surface area contributed by atoms with Crippen molar-refractivity contribution >= 4 is 33.2 Å². The van der Waals surface area contributed by atoms with Crippen LogP contribution in [0.5, 0.6) is 0 Å². The van der Waals surface area contributed by atoms with Crippen LogP contribution in [0.15, 0.2) is 22.7 Å². The van der Waals surface area contributed by atoms with Gasteiger partial charge in [-0.1, -0.05) is 18.5 Å². The van der Waals surface area contributed by atoms with E-state index in [1.165, 1.54) is 18.5 Å². The number of hydrogen-bond acceptors (Lipinski definition) is 2. The number of rotatable bonds is 3. The molecule has 17 heavy (non-hydrogen) atoms. The molecule has 0 saturated carbocycles. The molecule has 0 amide bonds. The maximum atomic E-state index is 5.97. The number of halogens is 2. The highest BCUT2D eigenvalue weighted by molar-refractivity contribution is 9.10. The molecule has 0 aromatic heterocycles. The van der Waals surface area contributed by atoms with Gasteiger partial charge >= 0.3 is 0 Å². The first-order chi connectivity index (χ1) is 8.20. The number of nitrogens with one attached hydrogen (secondary N) is 1. The van der Waals surface area contributed by atoms with Crippen molar-refractivity contribution in [3.63, 3.8) is 0 Å². The minimum Gasteiger partial charge on any atom is -0.369 e. The highest BCUT2D eigenvalue weighted by Crippen LogP contribution is 2.30. The Labute approximate surface area is 116 Å². The Morgan fingerprint density at radius 1 is 1.53 bits per heavy atom. The topological polar surface area (TPSA) is 15.3 Å². The van der Waals surface area contributed by atoms with Crippen molar-refractivity contribution in [3.8, 4) is 0 Å². The van der Waals surface area contributed by atoms with Gasteiger partial charge < -0.3 is 10.2 Å². The third kappa shape index (κ3) is 3.36. The molecule has 1 aromatic rings. The molecule has 1 aliphatic heterocycles. The highest BCUT2D eigenvalue weighted by atomic mass is 79.9. The lowest BCUT2D eigenvalue weighted by Crippen LogP contribution is -2.45. The summed E-state index contributed by atoms with van der Waals surface area (Å²) < 4.78 is 1.09. The van der Waals surface area contributed by atoms with Crippen molar-refractivity contribution < 1.29 is 0 Å². The van der Waals surface area contributed by atoms with Gasteiger partial charge in [-0.2, -0.15) is 0 Å².